The number of benzene rings is 2. The van der Waals surface area contributed by atoms with Crippen molar-refractivity contribution in [1.29, 1.82) is 0 Å². The Kier molecular flexibility index (Phi) is 4.97. The minimum atomic E-state index is -0.954. The summed E-state index contributed by atoms with van der Waals surface area (Å²) in [7, 11) is 0. The molecule has 9 heteroatoms. The minimum Gasteiger partial charge on any atom is -0.478 e. The zero-order valence-electron chi connectivity index (χ0n) is 14.6. The van der Waals surface area contributed by atoms with Gasteiger partial charge in [-0.3, -0.25) is 0 Å². The summed E-state index contributed by atoms with van der Waals surface area (Å²) in [4.78, 5) is 16.4. The van der Waals surface area contributed by atoms with Crippen molar-refractivity contribution in [2.45, 2.75) is 13.5 Å². The number of fused-ring (bicyclic) bond motifs is 1. The van der Waals surface area contributed by atoms with Gasteiger partial charge in [-0.25, -0.2) is 14.3 Å². The smallest absolute Gasteiger partial charge is 0.335 e. The molecule has 2 heterocycles. The molecule has 2 N–H and O–H groups in total. The monoisotopic (exact) mass is 432 g/mol. The Hall–Kier alpha value is -2.61. The molecule has 0 fully saturated rings. The molecule has 0 radical (unpaired) electrons. The summed E-state index contributed by atoms with van der Waals surface area (Å²) in [5, 5.41) is 18.7. The van der Waals surface area contributed by atoms with Crippen molar-refractivity contribution in [1.82, 2.24) is 14.6 Å². The Labute approximate surface area is 174 Å². The number of hydrogen-bond donors (Lipinski definition) is 2. The highest BCUT2D eigenvalue weighted by Crippen LogP contribution is 2.30. The van der Waals surface area contributed by atoms with E-state index in [2.05, 4.69) is 15.4 Å². The number of anilines is 1. The average molecular weight is 433 g/mol. The second-order valence-corrected chi connectivity index (χ2v) is 7.90. The number of halogens is 2. The molecule has 0 aliphatic rings. The second-order valence-electron chi connectivity index (χ2n) is 6.13. The first kappa shape index (κ1) is 18.7. The third kappa shape index (κ3) is 3.56. The van der Waals surface area contributed by atoms with Crippen molar-refractivity contribution in [3.63, 3.8) is 0 Å². The maximum atomic E-state index is 11.1. The summed E-state index contributed by atoms with van der Waals surface area (Å²) in [6.07, 6.45) is 0. The Morgan fingerprint density at radius 3 is 2.61 bits per heavy atom. The van der Waals surface area contributed by atoms with E-state index in [4.69, 9.17) is 28.3 Å². The number of carboxylic acids is 1. The van der Waals surface area contributed by atoms with Gasteiger partial charge < -0.3 is 10.4 Å². The first-order valence-corrected chi connectivity index (χ1v) is 9.87. The van der Waals surface area contributed by atoms with Crippen molar-refractivity contribution in [2.75, 3.05) is 5.32 Å². The Balaban J connectivity index is 1.61. The molecule has 0 atom stereocenters. The summed E-state index contributed by atoms with van der Waals surface area (Å²) < 4.78 is 1.77. The first-order chi connectivity index (χ1) is 13.4. The van der Waals surface area contributed by atoms with Crippen LogP contribution in [0.25, 0.3) is 16.2 Å². The maximum absolute atomic E-state index is 11.1. The molecular formula is C19H14Cl2N4O2S. The van der Waals surface area contributed by atoms with Crippen LogP contribution in [0.1, 0.15) is 21.6 Å². The molecule has 6 nitrogen and oxygen atoms in total. The fourth-order valence-corrected chi connectivity index (χ4v) is 4.01. The van der Waals surface area contributed by atoms with E-state index in [0.29, 0.717) is 16.6 Å². The van der Waals surface area contributed by atoms with Crippen LogP contribution in [-0.4, -0.2) is 25.7 Å². The number of carbonyl (C=O) groups is 1. The predicted octanol–water partition coefficient (Wildman–Crippen LogP) is 5.38. The van der Waals surface area contributed by atoms with E-state index in [1.165, 1.54) is 11.3 Å². The topological polar surface area (TPSA) is 79.5 Å². The molecule has 4 rings (SSSR count). The Bertz CT molecular complexity index is 1180. The van der Waals surface area contributed by atoms with Gasteiger partial charge in [-0.1, -0.05) is 52.7 Å². The van der Waals surface area contributed by atoms with Gasteiger partial charge in [0.25, 0.3) is 0 Å². The Morgan fingerprint density at radius 2 is 1.93 bits per heavy atom. The lowest BCUT2D eigenvalue weighted by Gasteiger charge is -2.04. The number of aryl methyl sites for hydroxylation is 1. The van der Waals surface area contributed by atoms with E-state index >= 15 is 0 Å². The van der Waals surface area contributed by atoms with Crippen molar-refractivity contribution in [3.05, 3.63) is 69.3 Å². The number of aromatic carboxylic acids is 1. The summed E-state index contributed by atoms with van der Waals surface area (Å²) in [5.74, 6) is -0.954. The van der Waals surface area contributed by atoms with Gasteiger partial charge in [0.15, 0.2) is 0 Å². The molecule has 4 aromatic rings. The van der Waals surface area contributed by atoms with E-state index in [1.807, 2.05) is 19.1 Å². The minimum absolute atomic E-state index is 0.240. The van der Waals surface area contributed by atoms with Gasteiger partial charge in [-0.2, -0.15) is 0 Å². The number of nitrogens with zero attached hydrogens (tertiary/aromatic N) is 3. The lowest BCUT2D eigenvalue weighted by Crippen LogP contribution is -2.00. The number of carboxylic acid groups (broad SMARTS) is 1. The van der Waals surface area contributed by atoms with Crippen molar-refractivity contribution >= 4 is 50.6 Å². The van der Waals surface area contributed by atoms with Gasteiger partial charge >= 0.3 is 5.97 Å². The number of rotatable bonds is 5. The van der Waals surface area contributed by atoms with E-state index in [1.54, 1.807) is 34.8 Å². The van der Waals surface area contributed by atoms with Gasteiger partial charge in [0.05, 0.1) is 27.0 Å². The molecule has 0 bridgehead atoms. The van der Waals surface area contributed by atoms with Crippen LogP contribution >= 0.6 is 34.5 Å². The summed E-state index contributed by atoms with van der Waals surface area (Å²) >= 11 is 13.4. The number of nitrogens with one attached hydrogen (secondary N) is 1. The molecule has 0 saturated carbocycles. The average Bonchev–Trinajstić information content (AvgIpc) is 3.18. The van der Waals surface area contributed by atoms with Crippen LogP contribution in [0.5, 0.6) is 0 Å². The molecule has 0 saturated heterocycles. The van der Waals surface area contributed by atoms with Crippen LogP contribution in [0.2, 0.25) is 10.0 Å². The zero-order chi connectivity index (χ0) is 19.8. The van der Waals surface area contributed by atoms with E-state index < -0.39 is 5.97 Å². The molecule has 2 aromatic carbocycles. The molecule has 2 aromatic heterocycles. The van der Waals surface area contributed by atoms with E-state index in [9.17, 15) is 4.79 Å². The fraction of sp³-hybridized carbons (Fsp3) is 0.105. The standard InChI is InChI=1S/C19H14Cl2N4O2S/c1-10-16(12-3-5-13(6-4-12)17(26)27)25-19(23-10)28-18(24-25)22-9-11-2-7-14(20)15(21)8-11/h2-8H,9H2,1H3,(H,22,24)(H,26,27). The SMILES string of the molecule is Cc1nc2sc(NCc3ccc(Cl)c(Cl)c3)nn2c1-c1ccc(C(=O)O)cc1. The third-order valence-corrected chi connectivity index (χ3v) is 5.82. The summed E-state index contributed by atoms with van der Waals surface area (Å²) in [6, 6.07) is 12.2. The van der Waals surface area contributed by atoms with E-state index in [0.717, 1.165) is 32.6 Å². The van der Waals surface area contributed by atoms with Crippen molar-refractivity contribution in [2.24, 2.45) is 0 Å². The molecular weight excluding hydrogens is 419 g/mol. The predicted molar refractivity (Wildman–Crippen MR) is 112 cm³/mol. The number of imidazole rings is 1. The van der Waals surface area contributed by atoms with Crippen molar-refractivity contribution < 1.29 is 9.90 Å². The quantitative estimate of drug-likeness (QED) is 0.442. The Morgan fingerprint density at radius 1 is 1.18 bits per heavy atom. The third-order valence-electron chi connectivity index (χ3n) is 4.21. The van der Waals surface area contributed by atoms with Crippen LogP contribution < -0.4 is 5.32 Å². The molecule has 0 spiro atoms. The first-order valence-electron chi connectivity index (χ1n) is 8.30. The normalized spacial score (nSPS) is 11.1. The lowest BCUT2D eigenvalue weighted by atomic mass is 10.1. The highest BCUT2D eigenvalue weighted by Gasteiger charge is 2.16. The lowest BCUT2D eigenvalue weighted by molar-refractivity contribution is 0.0697. The van der Waals surface area contributed by atoms with Crippen LogP contribution in [0.4, 0.5) is 5.13 Å². The van der Waals surface area contributed by atoms with Gasteiger partial charge in [-0.15, -0.1) is 5.10 Å². The van der Waals surface area contributed by atoms with Gasteiger partial charge in [0, 0.05) is 12.1 Å². The number of hydrogen-bond acceptors (Lipinski definition) is 5. The largest absolute Gasteiger partial charge is 0.478 e. The molecule has 0 aliphatic carbocycles. The van der Waals surface area contributed by atoms with Crippen LogP contribution in [0, 0.1) is 6.92 Å². The highest BCUT2D eigenvalue weighted by atomic mass is 35.5. The summed E-state index contributed by atoms with van der Waals surface area (Å²) in [6.45, 7) is 2.46. The molecule has 142 valence electrons. The van der Waals surface area contributed by atoms with Gasteiger partial charge in [-0.05, 0) is 36.8 Å². The van der Waals surface area contributed by atoms with E-state index in [-0.39, 0.29) is 5.56 Å². The second kappa shape index (κ2) is 7.43. The van der Waals surface area contributed by atoms with Crippen LogP contribution in [0.15, 0.2) is 42.5 Å². The van der Waals surface area contributed by atoms with Gasteiger partial charge in [0.1, 0.15) is 0 Å². The molecule has 0 amide bonds. The fourth-order valence-electron chi connectivity index (χ4n) is 2.85. The molecule has 0 unspecified atom stereocenters. The van der Waals surface area contributed by atoms with Crippen LogP contribution in [-0.2, 0) is 6.54 Å². The molecule has 28 heavy (non-hydrogen) atoms. The van der Waals surface area contributed by atoms with Crippen LogP contribution in [0.3, 0.4) is 0 Å². The van der Waals surface area contributed by atoms with Gasteiger partial charge in [0.2, 0.25) is 10.1 Å². The molecule has 0 aliphatic heterocycles. The van der Waals surface area contributed by atoms with Crippen molar-refractivity contribution in [3.8, 4) is 11.3 Å². The summed E-state index contributed by atoms with van der Waals surface area (Å²) in [5.41, 5.74) is 3.76. The zero-order valence-corrected chi connectivity index (χ0v) is 16.9. The maximum Gasteiger partial charge on any atom is 0.335 e. The highest BCUT2D eigenvalue weighted by molar-refractivity contribution is 7.20. The number of aromatic nitrogens is 3.